The molecule has 0 unspecified atom stereocenters. The second kappa shape index (κ2) is 12.9. The highest BCUT2D eigenvalue weighted by molar-refractivity contribution is 7.10. The first-order valence-electron chi connectivity index (χ1n) is 13.5. The maximum absolute atomic E-state index is 12.7. The van der Waals surface area contributed by atoms with Crippen LogP contribution in [-0.2, 0) is 9.59 Å². The third-order valence-corrected chi connectivity index (χ3v) is 8.42. The number of nitro groups is 1. The van der Waals surface area contributed by atoms with E-state index in [9.17, 15) is 19.7 Å². The van der Waals surface area contributed by atoms with Crippen molar-refractivity contribution in [1.82, 2.24) is 9.88 Å². The van der Waals surface area contributed by atoms with Crippen molar-refractivity contribution < 1.29 is 14.5 Å². The van der Waals surface area contributed by atoms with E-state index in [4.69, 9.17) is 4.98 Å². The van der Waals surface area contributed by atoms with Crippen LogP contribution in [0.5, 0.6) is 0 Å². The Bertz CT molecular complexity index is 1400. The van der Waals surface area contributed by atoms with Gasteiger partial charge in [0, 0.05) is 66.9 Å². The molecule has 4 rings (SSSR count). The summed E-state index contributed by atoms with van der Waals surface area (Å²) >= 11 is 1.66. The van der Waals surface area contributed by atoms with Crippen LogP contribution in [0.4, 0.5) is 17.1 Å². The maximum atomic E-state index is 12.7. The van der Waals surface area contributed by atoms with Crippen molar-refractivity contribution in [3.8, 4) is 11.3 Å². The molecule has 1 aliphatic heterocycles. The Labute approximate surface area is 238 Å². The average Bonchev–Trinajstić information content (AvgIpc) is 3.45. The van der Waals surface area contributed by atoms with E-state index in [-0.39, 0.29) is 23.2 Å². The number of carbonyl (C=O) groups excluding carboxylic acids is 2. The third-order valence-electron chi connectivity index (χ3n) is 7.41. The van der Waals surface area contributed by atoms with Crippen LogP contribution in [0.3, 0.4) is 0 Å². The Morgan fingerprint density at radius 2 is 1.75 bits per heavy atom. The first-order chi connectivity index (χ1) is 19.2. The number of anilines is 2. The van der Waals surface area contributed by atoms with Gasteiger partial charge in [0.1, 0.15) is 5.69 Å². The highest BCUT2D eigenvalue weighted by atomic mass is 32.1. The standard InChI is InChI=1S/C30H35N5O4S/c1-5-33(6-2)24-9-7-22(8-10-24)26-19-40-30(32-26)23-13-15-34(16-14-23)29(37)12-11-28(36)31-25-17-20(3)21(4)18-27(25)35(38)39/h7-12,17-19,23H,5-6,13-16H2,1-4H3,(H,31,36)/b12-11+. The van der Waals surface area contributed by atoms with Gasteiger partial charge in [-0.25, -0.2) is 4.98 Å². The van der Waals surface area contributed by atoms with E-state index < -0.39 is 10.8 Å². The van der Waals surface area contributed by atoms with E-state index in [1.165, 1.54) is 17.8 Å². The number of amides is 2. The lowest BCUT2D eigenvalue weighted by atomic mass is 9.97. The van der Waals surface area contributed by atoms with Crippen LogP contribution in [0.15, 0.2) is 53.9 Å². The van der Waals surface area contributed by atoms with Crippen LogP contribution in [0, 0.1) is 24.0 Å². The van der Waals surface area contributed by atoms with Crippen LogP contribution in [0.1, 0.15) is 48.7 Å². The van der Waals surface area contributed by atoms with Gasteiger partial charge in [-0.2, -0.15) is 0 Å². The van der Waals surface area contributed by atoms with Crippen molar-refractivity contribution in [2.45, 2.75) is 46.5 Å². The molecule has 1 aliphatic rings. The van der Waals surface area contributed by atoms with Crippen molar-refractivity contribution in [3.63, 3.8) is 0 Å². The van der Waals surface area contributed by atoms with Gasteiger partial charge in [-0.05, 0) is 69.9 Å². The summed E-state index contributed by atoms with van der Waals surface area (Å²) < 4.78 is 0. The molecule has 0 aliphatic carbocycles. The van der Waals surface area contributed by atoms with E-state index in [0.717, 1.165) is 59.4 Å². The molecule has 2 amide bonds. The highest BCUT2D eigenvalue weighted by Crippen LogP contribution is 2.33. The fourth-order valence-corrected chi connectivity index (χ4v) is 5.87. The van der Waals surface area contributed by atoms with E-state index in [2.05, 4.69) is 53.7 Å². The zero-order valence-corrected chi connectivity index (χ0v) is 24.2. The molecule has 1 aromatic heterocycles. The fraction of sp³-hybridized carbons (Fsp3) is 0.367. The lowest BCUT2D eigenvalue weighted by molar-refractivity contribution is -0.384. The molecule has 40 heavy (non-hydrogen) atoms. The number of aromatic nitrogens is 1. The Balaban J connectivity index is 1.31. The number of hydrogen-bond acceptors (Lipinski definition) is 7. The third kappa shape index (κ3) is 6.74. The molecule has 1 fully saturated rings. The van der Waals surface area contributed by atoms with E-state index >= 15 is 0 Å². The van der Waals surface area contributed by atoms with Crippen LogP contribution in [0.2, 0.25) is 0 Å². The quantitative estimate of drug-likeness (QED) is 0.193. The van der Waals surface area contributed by atoms with Gasteiger partial charge < -0.3 is 15.1 Å². The van der Waals surface area contributed by atoms with Gasteiger partial charge in [0.25, 0.3) is 5.69 Å². The second-order valence-corrected chi connectivity index (χ2v) is 10.8. The molecule has 9 nitrogen and oxygen atoms in total. The van der Waals surface area contributed by atoms with Crippen LogP contribution in [-0.4, -0.2) is 52.8 Å². The van der Waals surface area contributed by atoms with E-state index in [1.54, 1.807) is 29.2 Å². The molecule has 0 saturated carbocycles. The molecule has 0 bridgehead atoms. The smallest absolute Gasteiger partial charge is 0.293 e. The molecule has 1 N–H and O–H groups in total. The van der Waals surface area contributed by atoms with Gasteiger partial charge in [-0.15, -0.1) is 11.3 Å². The number of carbonyl (C=O) groups is 2. The van der Waals surface area contributed by atoms with Gasteiger partial charge >= 0.3 is 0 Å². The topological polar surface area (TPSA) is 109 Å². The minimum atomic E-state index is -0.588. The van der Waals surface area contributed by atoms with Gasteiger partial charge in [0.05, 0.1) is 15.6 Å². The largest absolute Gasteiger partial charge is 0.372 e. The summed E-state index contributed by atoms with van der Waals surface area (Å²) in [6.45, 7) is 11.0. The number of aryl methyl sites for hydroxylation is 2. The van der Waals surface area contributed by atoms with Crippen LogP contribution >= 0.6 is 11.3 Å². The molecular formula is C30H35N5O4S. The fourth-order valence-electron chi connectivity index (χ4n) is 4.87. The second-order valence-electron chi connectivity index (χ2n) is 9.92. The van der Waals surface area contributed by atoms with Gasteiger partial charge in [-0.1, -0.05) is 12.1 Å². The molecular weight excluding hydrogens is 526 g/mol. The zero-order chi connectivity index (χ0) is 28.8. The summed E-state index contributed by atoms with van der Waals surface area (Å²) in [5.74, 6) is -0.554. The Kier molecular flexibility index (Phi) is 9.31. The summed E-state index contributed by atoms with van der Waals surface area (Å²) in [6, 6.07) is 11.5. The number of piperidine rings is 1. The van der Waals surface area contributed by atoms with Crippen molar-refractivity contribution in [2.75, 3.05) is 36.4 Å². The van der Waals surface area contributed by atoms with Crippen molar-refractivity contribution in [2.24, 2.45) is 0 Å². The molecule has 0 spiro atoms. The van der Waals surface area contributed by atoms with Gasteiger partial charge in [-0.3, -0.25) is 19.7 Å². The molecule has 1 saturated heterocycles. The summed E-state index contributed by atoms with van der Waals surface area (Å²) in [7, 11) is 0. The summed E-state index contributed by atoms with van der Waals surface area (Å²) in [5, 5.41) is 17.1. The number of likely N-dealkylation sites (tertiary alicyclic amines) is 1. The predicted octanol–water partition coefficient (Wildman–Crippen LogP) is 6.08. The lowest BCUT2D eigenvalue weighted by Gasteiger charge is -2.30. The Hall–Kier alpha value is -4.05. The first kappa shape index (κ1) is 28.9. The first-order valence-corrected chi connectivity index (χ1v) is 14.4. The summed E-state index contributed by atoms with van der Waals surface area (Å²) in [4.78, 5) is 44.9. The van der Waals surface area contributed by atoms with Gasteiger partial charge in [0.15, 0.2) is 0 Å². The average molecular weight is 562 g/mol. The SMILES string of the molecule is CCN(CC)c1ccc(-c2csc(C3CCN(C(=O)/C=C/C(=O)Nc4cc(C)c(C)cc4[N+](=O)[O-])CC3)n2)cc1. The minimum Gasteiger partial charge on any atom is -0.372 e. The maximum Gasteiger partial charge on any atom is 0.293 e. The van der Waals surface area contributed by atoms with Crippen molar-refractivity contribution in [3.05, 3.63) is 80.2 Å². The van der Waals surface area contributed by atoms with Crippen LogP contribution in [0.25, 0.3) is 11.3 Å². The summed E-state index contributed by atoms with van der Waals surface area (Å²) in [6.07, 6.45) is 3.96. The number of hydrogen-bond donors (Lipinski definition) is 1. The normalized spacial score (nSPS) is 13.9. The van der Waals surface area contributed by atoms with Crippen molar-refractivity contribution >= 4 is 40.2 Å². The van der Waals surface area contributed by atoms with Crippen molar-refractivity contribution in [1.29, 1.82) is 0 Å². The summed E-state index contributed by atoms with van der Waals surface area (Å²) in [5.41, 5.74) is 4.79. The van der Waals surface area contributed by atoms with E-state index in [0.29, 0.717) is 13.1 Å². The zero-order valence-electron chi connectivity index (χ0n) is 23.3. The number of nitrogens with zero attached hydrogens (tertiary/aromatic N) is 4. The lowest BCUT2D eigenvalue weighted by Crippen LogP contribution is -2.37. The highest BCUT2D eigenvalue weighted by Gasteiger charge is 2.25. The monoisotopic (exact) mass is 561 g/mol. The molecule has 0 radical (unpaired) electrons. The number of thiazole rings is 1. The molecule has 210 valence electrons. The van der Waals surface area contributed by atoms with E-state index in [1.807, 2.05) is 6.92 Å². The molecule has 3 aromatic rings. The Morgan fingerprint density at radius 1 is 1.10 bits per heavy atom. The van der Waals surface area contributed by atoms with Crippen LogP contribution < -0.4 is 10.2 Å². The van der Waals surface area contributed by atoms with Gasteiger partial charge in [0.2, 0.25) is 11.8 Å². The predicted molar refractivity (Wildman–Crippen MR) is 160 cm³/mol. The minimum absolute atomic E-state index is 0.110. The Morgan fingerprint density at radius 3 is 2.38 bits per heavy atom. The molecule has 10 heteroatoms. The molecule has 0 atom stereocenters. The molecule has 2 heterocycles. The number of nitrogens with one attached hydrogen (secondary N) is 1. The number of rotatable bonds is 9. The molecule has 2 aromatic carbocycles. The number of benzene rings is 2. The number of nitro benzene ring substituents is 1.